The van der Waals surface area contributed by atoms with Gasteiger partial charge in [-0.2, -0.15) is 0 Å². The summed E-state index contributed by atoms with van der Waals surface area (Å²) < 4.78 is 36.9. The Hall–Kier alpha value is -6.94. The molecule has 0 spiro atoms. The SMILES string of the molecule is O=C(CCC(=O)N1CCN(C(=O)CCC(=O)Oc2ccc3ccc4c5cocc5ccc4c3c2)CC1)N[C@@H]1C(OCc2ccccc2)O[C@@H](CO)[C@H](OCc2ccccc2)[C@H]1OCc1ccccc1. The second-order valence-electron chi connectivity index (χ2n) is 17.4. The summed E-state index contributed by atoms with van der Waals surface area (Å²) in [4.78, 5) is 56.9. The molecule has 6 aromatic carbocycles. The Kier molecular flexibility index (Phi) is 15.3. The minimum absolute atomic E-state index is 0.0316. The Morgan fingerprint density at radius 1 is 0.565 bits per heavy atom. The van der Waals surface area contributed by atoms with Gasteiger partial charge >= 0.3 is 5.97 Å². The summed E-state index contributed by atoms with van der Waals surface area (Å²) in [7, 11) is 0. The fourth-order valence-corrected chi connectivity index (χ4v) is 9.05. The molecule has 1 unspecified atom stereocenters. The first kappa shape index (κ1) is 47.1. The Morgan fingerprint density at radius 2 is 1.10 bits per heavy atom. The smallest absolute Gasteiger partial charge is 0.311 e. The number of piperazine rings is 1. The number of carbonyl (C=O) groups excluding carboxylic acids is 4. The van der Waals surface area contributed by atoms with Gasteiger partial charge in [0.15, 0.2) is 6.29 Å². The van der Waals surface area contributed by atoms with E-state index in [2.05, 4.69) is 11.4 Å². The van der Waals surface area contributed by atoms with E-state index in [9.17, 15) is 24.3 Å². The molecule has 2 fully saturated rings. The molecule has 2 aliphatic heterocycles. The number of aliphatic hydroxyl groups is 1. The Balaban J connectivity index is 0.788. The third-order valence-electron chi connectivity index (χ3n) is 12.8. The molecule has 7 aromatic rings. The number of aliphatic hydroxyl groups excluding tert-OH is 1. The molecule has 0 bridgehead atoms. The largest absolute Gasteiger partial charge is 0.471 e. The van der Waals surface area contributed by atoms with Gasteiger partial charge in [0.05, 0.1) is 45.4 Å². The van der Waals surface area contributed by atoms with Gasteiger partial charge in [0.1, 0.15) is 30.1 Å². The number of esters is 1. The highest BCUT2D eigenvalue weighted by Gasteiger charge is 2.48. The van der Waals surface area contributed by atoms with Crippen molar-refractivity contribution in [2.45, 2.75) is 76.1 Å². The van der Waals surface area contributed by atoms with E-state index in [1.165, 1.54) is 0 Å². The summed E-state index contributed by atoms with van der Waals surface area (Å²) >= 11 is 0. The van der Waals surface area contributed by atoms with Crippen LogP contribution >= 0.6 is 0 Å². The van der Waals surface area contributed by atoms with Gasteiger partial charge in [0.2, 0.25) is 17.7 Å². The van der Waals surface area contributed by atoms with Crippen molar-refractivity contribution in [1.29, 1.82) is 0 Å². The normalized spacial score (nSPS) is 19.5. The molecule has 14 nitrogen and oxygen atoms in total. The lowest BCUT2D eigenvalue weighted by molar-refractivity contribution is -0.290. The maximum Gasteiger partial charge on any atom is 0.311 e. The standard InChI is InChI=1S/C55H55N3O11/c59-31-47-53(65-32-37-10-4-1-5-11-37)54(66-33-38-12-6-2-7-13-38)52(55(69-47)67-34-39-14-8-3-9-15-39)56-48(60)22-23-49(61)57-26-28-58(29-27-57)50(62)24-25-51(63)68-42-19-16-40-17-20-44-43(45(40)30-42)21-18-41-35-64-36-46(41)44/h1-21,30,35-36,47,52-55,59H,22-29,31-34H2,(H,56,60)/t47-,52-,53-,54-,55?/m0/s1. The van der Waals surface area contributed by atoms with Crippen LogP contribution in [0, 0.1) is 0 Å². The van der Waals surface area contributed by atoms with Crippen molar-refractivity contribution >= 4 is 56.0 Å². The molecule has 0 saturated carbocycles. The van der Waals surface area contributed by atoms with E-state index in [4.69, 9.17) is 28.1 Å². The number of nitrogens with zero attached hydrogens (tertiary/aromatic N) is 2. The highest BCUT2D eigenvalue weighted by Crippen LogP contribution is 2.34. The Bertz CT molecular complexity index is 2850. The van der Waals surface area contributed by atoms with Gasteiger partial charge in [0, 0.05) is 56.2 Å². The van der Waals surface area contributed by atoms with Crippen LogP contribution in [0.25, 0.3) is 32.3 Å². The fraction of sp³-hybridized carbons (Fsp3) is 0.309. The zero-order valence-corrected chi connectivity index (χ0v) is 38.2. The lowest BCUT2D eigenvalue weighted by Gasteiger charge is -2.46. The van der Waals surface area contributed by atoms with Crippen molar-refractivity contribution in [2.24, 2.45) is 0 Å². The maximum absolute atomic E-state index is 13.9. The summed E-state index contributed by atoms with van der Waals surface area (Å²) in [5.74, 6) is -0.970. The first-order valence-corrected chi connectivity index (χ1v) is 23.4. The number of furan rings is 1. The maximum atomic E-state index is 13.9. The molecule has 2 N–H and O–H groups in total. The highest BCUT2D eigenvalue weighted by atomic mass is 16.7. The molecule has 3 heterocycles. The van der Waals surface area contributed by atoms with E-state index >= 15 is 0 Å². The molecular weight excluding hydrogens is 879 g/mol. The van der Waals surface area contributed by atoms with Crippen molar-refractivity contribution in [1.82, 2.24) is 15.1 Å². The lowest BCUT2D eigenvalue weighted by atomic mass is 9.95. The molecule has 69 heavy (non-hydrogen) atoms. The number of ether oxygens (including phenoxy) is 5. The molecule has 5 atom stereocenters. The van der Waals surface area contributed by atoms with Gasteiger partial charge in [0.25, 0.3) is 0 Å². The number of fused-ring (bicyclic) bond motifs is 5. The van der Waals surface area contributed by atoms with E-state index in [1.54, 1.807) is 28.4 Å². The minimum atomic E-state index is -1.04. The van der Waals surface area contributed by atoms with Crippen LogP contribution in [0.1, 0.15) is 42.4 Å². The number of hydrogen-bond donors (Lipinski definition) is 2. The predicted molar refractivity (Wildman–Crippen MR) is 257 cm³/mol. The predicted octanol–water partition coefficient (Wildman–Crippen LogP) is 7.47. The first-order valence-electron chi connectivity index (χ1n) is 23.4. The Morgan fingerprint density at radius 3 is 1.71 bits per heavy atom. The highest BCUT2D eigenvalue weighted by molar-refractivity contribution is 6.17. The van der Waals surface area contributed by atoms with Crippen molar-refractivity contribution in [3.8, 4) is 5.75 Å². The van der Waals surface area contributed by atoms with Crippen molar-refractivity contribution in [2.75, 3.05) is 32.8 Å². The molecule has 2 aliphatic rings. The van der Waals surface area contributed by atoms with Gasteiger partial charge in [-0.15, -0.1) is 0 Å². The first-order chi connectivity index (χ1) is 33.8. The zero-order chi connectivity index (χ0) is 47.5. The van der Waals surface area contributed by atoms with Crippen LogP contribution in [-0.2, 0) is 57.9 Å². The van der Waals surface area contributed by atoms with Gasteiger partial charge in [-0.25, -0.2) is 0 Å². The summed E-state index contributed by atoms with van der Waals surface area (Å²) in [6.45, 7) is 1.32. The number of rotatable bonds is 18. The van der Waals surface area contributed by atoms with Crippen molar-refractivity contribution in [3.63, 3.8) is 0 Å². The second kappa shape index (κ2) is 22.4. The van der Waals surface area contributed by atoms with Crippen LogP contribution in [0.5, 0.6) is 5.75 Å². The number of benzene rings is 6. The summed E-state index contributed by atoms with van der Waals surface area (Å²) in [5.41, 5.74) is 2.69. The molecule has 2 saturated heterocycles. The van der Waals surface area contributed by atoms with Crippen LogP contribution in [0.3, 0.4) is 0 Å². The van der Waals surface area contributed by atoms with Crippen LogP contribution < -0.4 is 10.1 Å². The van der Waals surface area contributed by atoms with Crippen LogP contribution in [0.15, 0.2) is 150 Å². The molecule has 14 heteroatoms. The molecule has 1 aromatic heterocycles. The Labute approximate surface area is 399 Å². The lowest BCUT2D eigenvalue weighted by Crippen LogP contribution is -2.66. The second-order valence-corrected chi connectivity index (χ2v) is 17.4. The summed E-state index contributed by atoms with van der Waals surface area (Å²) in [6.07, 6.45) is -0.431. The third kappa shape index (κ3) is 11.7. The van der Waals surface area contributed by atoms with E-state index in [-0.39, 0.29) is 70.4 Å². The van der Waals surface area contributed by atoms with Gasteiger partial charge in [-0.05, 0) is 50.4 Å². The molecular formula is C55H55N3O11. The quantitative estimate of drug-likeness (QED) is 0.0498. The van der Waals surface area contributed by atoms with Crippen molar-refractivity contribution < 1.29 is 52.4 Å². The summed E-state index contributed by atoms with van der Waals surface area (Å²) in [6, 6.07) is 41.5. The topological polar surface area (TPSA) is 166 Å². The number of nitrogens with one attached hydrogen (secondary N) is 1. The van der Waals surface area contributed by atoms with Crippen LogP contribution in [0.4, 0.5) is 0 Å². The van der Waals surface area contributed by atoms with E-state index in [1.807, 2.05) is 121 Å². The van der Waals surface area contributed by atoms with Crippen molar-refractivity contribution in [3.05, 3.63) is 163 Å². The van der Waals surface area contributed by atoms with Gasteiger partial charge in [-0.3, -0.25) is 19.2 Å². The monoisotopic (exact) mass is 933 g/mol. The minimum Gasteiger partial charge on any atom is -0.471 e. The summed E-state index contributed by atoms with van der Waals surface area (Å²) in [5, 5.41) is 19.7. The van der Waals surface area contributed by atoms with E-state index in [0.717, 1.165) is 49.0 Å². The van der Waals surface area contributed by atoms with Crippen LogP contribution in [-0.4, -0.2) is 102 Å². The molecule has 356 valence electrons. The number of carbonyl (C=O) groups is 4. The van der Waals surface area contributed by atoms with Crippen LogP contribution in [0.2, 0.25) is 0 Å². The molecule has 3 amide bonds. The molecule has 0 radical (unpaired) electrons. The molecule has 0 aliphatic carbocycles. The number of amides is 3. The average molecular weight is 934 g/mol. The fourth-order valence-electron chi connectivity index (χ4n) is 9.05. The third-order valence-corrected chi connectivity index (χ3v) is 12.8. The van der Waals surface area contributed by atoms with E-state index < -0.39 is 49.1 Å². The van der Waals surface area contributed by atoms with Gasteiger partial charge in [-0.1, -0.05) is 121 Å². The molecule has 9 rings (SSSR count). The van der Waals surface area contributed by atoms with E-state index in [0.29, 0.717) is 18.8 Å². The number of hydrogen-bond acceptors (Lipinski definition) is 11. The average Bonchev–Trinajstić information content (AvgIpc) is 3.89. The van der Waals surface area contributed by atoms with Gasteiger partial charge < -0.3 is 48.3 Å². The zero-order valence-electron chi connectivity index (χ0n) is 38.2.